The molecule has 0 aliphatic carbocycles. The summed E-state index contributed by atoms with van der Waals surface area (Å²) in [7, 11) is -3.95. The fourth-order valence-corrected chi connectivity index (χ4v) is 5.68. The molecule has 0 aromatic heterocycles. The molecule has 3 rings (SSSR count). The molecule has 168 valence electrons. The van der Waals surface area contributed by atoms with Crippen molar-refractivity contribution in [2.75, 3.05) is 23.1 Å². The molecule has 0 atom stereocenters. The van der Waals surface area contributed by atoms with Gasteiger partial charge in [0, 0.05) is 28.1 Å². The molecule has 0 fully saturated rings. The monoisotopic (exact) mass is 508 g/mol. The van der Waals surface area contributed by atoms with Crippen molar-refractivity contribution in [3.8, 4) is 0 Å². The van der Waals surface area contributed by atoms with Gasteiger partial charge in [-0.15, -0.1) is 0 Å². The van der Waals surface area contributed by atoms with Crippen LogP contribution in [0.2, 0.25) is 10.0 Å². The van der Waals surface area contributed by atoms with Crippen LogP contribution in [0.1, 0.15) is 5.56 Å². The van der Waals surface area contributed by atoms with Crippen molar-refractivity contribution in [2.45, 2.75) is 10.6 Å². The van der Waals surface area contributed by atoms with E-state index in [0.29, 0.717) is 28.0 Å². The summed E-state index contributed by atoms with van der Waals surface area (Å²) in [5.41, 5.74) is 1.36. The number of anilines is 1. The Bertz CT molecular complexity index is 1160. The molecule has 0 bridgehead atoms. The zero-order chi connectivity index (χ0) is 23.0. The number of carbonyl (C=O) groups excluding carboxylic acids is 1. The number of rotatable bonds is 10. The van der Waals surface area contributed by atoms with Gasteiger partial charge in [0.2, 0.25) is 5.91 Å². The highest BCUT2D eigenvalue weighted by atomic mass is 35.5. The molecule has 0 spiro atoms. The molecule has 0 saturated carbocycles. The number of nitrogens with zero attached hydrogens (tertiary/aromatic N) is 1. The Balaban J connectivity index is 1.63. The SMILES string of the molecule is O=C(CN(c1cccc(Cl)c1)S(=O)(=O)c1ccccc1)NCCSCc1ccccc1Cl. The summed E-state index contributed by atoms with van der Waals surface area (Å²) in [5, 5.41) is 3.89. The molecule has 3 aromatic rings. The second kappa shape index (κ2) is 11.6. The van der Waals surface area contributed by atoms with Gasteiger partial charge < -0.3 is 5.32 Å². The average molecular weight is 509 g/mol. The second-order valence-electron chi connectivity index (χ2n) is 6.80. The molecule has 5 nitrogen and oxygen atoms in total. The Morgan fingerprint density at radius 2 is 1.66 bits per heavy atom. The van der Waals surface area contributed by atoms with Crippen LogP contribution in [0.25, 0.3) is 0 Å². The molecule has 3 aromatic carbocycles. The van der Waals surface area contributed by atoms with Crippen LogP contribution < -0.4 is 9.62 Å². The van der Waals surface area contributed by atoms with Crippen LogP contribution in [0, 0.1) is 0 Å². The van der Waals surface area contributed by atoms with Crippen LogP contribution in [0.5, 0.6) is 0 Å². The molecule has 0 radical (unpaired) electrons. The van der Waals surface area contributed by atoms with E-state index in [1.54, 1.807) is 48.2 Å². The van der Waals surface area contributed by atoms with Gasteiger partial charge in [-0.2, -0.15) is 11.8 Å². The van der Waals surface area contributed by atoms with E-state index in [4.69, 9.17) is 23.2 Å². The van der Waals surface area contributed by atoms with Crippen LogP contribution in [0.3, 0.4) is 0 Å². The average Bonchev–Trinajstić information content (AvgIpc) is 2.79. The number of halogens is 2. The Hall–Kier alpha value is -2.19. The Morgan fingerprint density at radius 1 is 0.938 bits per heavy atom. The fourth-order valence-electron chi connectivity index (χ4n) is 2.91. The van der Waals surface area contributed by atoms with Crippen molar-refractivity contribution >= 4 is 56.6 Å². The highest BCUT2D eigenvalue weighted by Crippen LogP contribution is 2.26. The van der Waals surface area contributed by atoms with Gasteiger partial charge in [-0.3, -0.25) is 9.10 Å². The van der Waals surface area contributed by atoms with Gasteiger partial charge >= 0.3 is 0 Å². The lowest BCUT2D eigenvalue weighted by molar-refractivity contribution is -0.119. The van der Waals surface area contributed by atoms with E-state index in [1.807, 2.05) is 24.3 Å². The van der Waals surface area contributed by atoms with Crippen LogP contribution in [-0.2, 0) is 20.6 Å². The first-order valence-corrected chi connectivity index (χ1v) is 13.1. The smallest absolute Gasteiger partial charge is 0.264 e. The maximum Gasteiger partial charge on any atom is 0.264 e. The van der Waals surface area contributed by atoms with Gasteiger partial charge in [0.1, 0.15) is 6.54 Å². The van der Waals surface area contributed by atoms with E-state index in [2.05, 4.69) is 5.32 Å². The van der Waals surface area contributed by atoms with Crippen LogP contribution in [0.15, 0.2) is 83.8 Å². The molecule has 9 heteroatoms. The number of benzene rings is 3. The van der Waals surface area contributed by atoms with Crippen molar-refractivity contribution in [3.63, 3.8) is 0 Å². The lowest BCUT2D eigenvalue weighted by Gasteiger charge is -2.24. The van der Waals surface area contributed by atoms with Crippen molar-refractivity contribution in [2.24, 2.45) is 0 Å². The highest BCUT2D eigenvalue weighted by Gasteiger charge is 2.27. The minimum Gasteiger partial charge on any atom is -0.354 e. The molecule has 0 saturated heterocycles. The standard InChI is InChI=1S/C23H22Cl2N2O3S2/c24-19-8-6-9-20(15-19)27(32(29,30)21-10-2-1-3-11-21)16-23(28)26-13-14-31-17-18-7-4-5-12-22(18)25/h1-12,15H,13-14,16-17H2,(H,26,28). The van der Waals surface area contributed by atoms with Gasteiger partial charge in [-0.25, -0.2) is 8.42 Å². The van der Waals surface area contributed by atoms with Crippen LogP contribution in [-0.4, -0.2) is 33.2 Å². The summed E-state index contributed by atoms with van der Waals surface area (Å²) in [6, 6.07) is 22.0. The van der Waals surface area contributed by atoms with Gasteiger partial charge in [-0.1, -0.05) is 65.7 Å². The number of hydrogen-bond acceptors (Lipinski definition) is 4. The summed E-state index contributed by atoms with van der Waals surface area (Å²) < 4.78 is 27.5. The first kappa shape index (κ1) is 24.5. The third kappa shape index (κ3) is 6.65. The van der Waals surface area contributed by atoms with E-state index in [0.717, 1.165) is 15.6 Å². The van der Waals surface area contributed by atoms with E-state index in [9.17, 15) is 13.2 Å². The van der Waals surface area contributed by atoms with Gasteiger partial charge in [-0.05, 0) is 42.0 Å². The summed E-state index contributed by atoms with van der Waals surface area (Å²) in [4.78, 5) is 12.7. The molecule has 32 heavy (non-hydrogen) atoms. The van der Waals surface area contributed by atoms with E-state index < -0.39 is 15.9 Å². The fraction of sp³-hybridized carbons (Fsp3) is 0.174. The maximum atomic E-state index is 13.2. The highest BCUT2D eigenvalue weighted by molar-refractivity contribution is 7.98. The van der Waals surface area contributed by atoms with E-state index >= 15 is 0 Å². The lowest BCUT2D eigenvalue weighted by Crippen LogP contribution is -2.41. The predicted octanol–water partition coefficient (Wildman–Crippen LogP) is 5.24. The van der Waals surface area contributed by atoms with Gasteiger partial charge in [0.05, 0.1) is 10.6 Å². The number of nitrogens with one attached hydrogen (secondary N) is 1. The third-order valence-electron chi connectivity index (χ3n) is 4.50. The normalized spacial score (nSPS) is 11.2. The largest absolute Gasteiger partial charge is 0.354 e. The van der Waals surface area contributed by atoms with E-state index in [-0.39, 0.29) is 11.4 Å². The first-order valence-electron chi connectivity index (χ1n) is 9.79. The van der Waals surface area contributed by atoms with Gasteiger partial charge in [0.25, 0.3) is 10.0 Å². The molecule has 1 N–H and O–H groups in total. The minimum absolute atomic E-state index is 0.100. The van der Waals surface area contributed by atoms with Crippen molar-refractivity contribution in [3.05, 3.63) is 94.5 Å². The molecule has 0 unspecified atom stereocenters. The molecular weight excluding hydrogens is 487 g/mol. The van der Waals surface area contributed by atoms with Crippen LogP contribution >= 0.6 is 35.0 Å². The Morgan fingerprint density at radius 3 is 2.38 bits per heavy atom. The molecule has 1 amide bonds. The van der Waals surface area contributed by atoms with Crippen molar-refractivity contribution in [1.29, 1.82) is 0 Å². The van der Waals surface area contributed by atoms with Crippen LogP contribution in [0.4, 0.5) is 5.69 Å². The quantitative estimate of drug-likeness (QED) is 0.380. The Kier molecular flexibility index (Phi) is 8.87. The number of carbonyl (C=O) groups is 1. The molecule has 0 heterocycles. The number of sulfonamides is 1. The molecule has 0 aliphatic heterocycles. The zero-order valence-electron chi connectivity index (χ0n) is 17.1. The van der Waals surface area contributed by atoms with Crippen molar-refractivity contribution < 1.29 is 13.2 Å². The van der Waals surface area contributed by atoms with Gasteiger partial charge in [0.15, 0.2) is 0 Å². The van der Waals surface area contributed by atoms with E-state index in [1.165, 1.54) is 18.2 Å². The topological polar surface area (TPSA) is 66.5 Å². The predicted molar refractivity (Wildman–Crippen MR) is 133 cm³/mol. The van der Waals surface area contributed by atoms with Crippen molar-refractivity contribution in [1.82, 2.24) is 5.32 Å². The number of thioether (sulfide) groups is 1. The number of hydrogen-bond donors (Lipinski definition) is 1. The molecular formula is C23H22Cl2N2O3S2. The minimum atomic E-state index is -3.95. The summed E-state index contributed by atoms with van der Waals surface area (Å²) >= 11 is 13.9. The summed E-state index contributed by atoms with van der Waals surface area (Å²) in [6.45, 7) is 0.0511. The zero-order valence-corrected chi connectivity index (χ0v) is 20.2. The second-order valence-corrected chi connectivity index (χ2v) is 10.6. The lowest BCUT2D eigenvalue weighted by atomic mass is 10.2. The first-order chi connectivity index (χ1) is 15.4. The molecule has 0 aliphatic rings. The summed E-state index contributed by atoms with van der Waals surface area (Å²) in [6.07, 6.45) is 0. The third-order valence-corrected chi connectivity index (χ3v) is 7.90. The maximum absolute atomic E-state index is 13.2. The summed E-state index contributed by atoms with van der Waals surface area (Å²) in [5.74, 6) is 0.995. The number of amides is 1. The Labute approximate surface area is 202 Å².